The molecule has 2 heterocycles. The molecule has 0 bridgehead atoms. The van der Waals surface area contributed by atoms with E-state index in [1.807, 2.05) is 36.4 Å². The SMILES string of the molecule is CC(=O)N1CCN(/C2=C(\Oc3ccc(-c4ccc(F)c(N)c4)cc3)C(=O)CCC(c3ccc(Cl)cc3)N=C2)CC1. The van der Waals surface area contributed by atoms with E-state index in [0.29, 0.717) is 49.1 Å². The van der Waals surface area contributed by atoms with Crippen molar-refractivity contribution in [2.75, 3.05) is 31.9 Å². The lowest BCUT2D eigenvalue weighted by atomic mass is 9.99. The van der Waals surface area contributed by atoms with Gasteiger partial charge in [0.25, 0.3) is 0 Å². The van der Waals surface area contributed by atoms with Gasteiger partial charge in [-0.3, -0.25) is 14.6 Å². The zero-order valence-corrected chi connectivity index (χ0v) is 22.9. The molecule has 9 heteroatoms. The van der Waals surface area contributed by atoms with Gasteiger partial charge in [0.2, 0.25) is 5.91 Å². The first-order valence-corrected chi connectivity index (χ1v) is 13.6. The molecule has 1 saturated heterocycles. The van der Waals surface area contributed by atoms with Gasteiger partial charge in [-0.05, 0) is 59.5 Å². The molecule has 0 spiro atoms. The Morgan fingerprint density at radius 2 is 1.68 bits per heavy atom. The molecule has 1 unspecified atom stereocenters. The summed E-state index contributed by atoms with van der Waals surface area (Å²) < 4.78 is 19.9. The van der Waals surface area contributed by atoms with Crippen molar-refractivity contribution in [2.24, 2.45) is 4.99 Å². The second kappa shape index (κ2) is 11.9. The van der Waals surface area contributed by atoms with Crippen LogP contribution in [0.2, 0.25) is 5.02 Å². The zero-order valence-electron chi connectivity index (χ0n) is 22.1. The van der Waals surface area contributed by atoms with Crippen LogP contribution >= 0.6 is 11.6 Å². The van der Waals surface area contributed by atoms with Crippen molar-refractivity contribution in [3.05, 3.63) is 94.6 Å². The fourth-order valence-electron chi connectivity index (χ4n) is 4.91. The highest BCUT2D eigenvalue weighted by atomic mass is 35.5. The lowest BCUT2D eigenvalue weighted by molar-refractivity contribution is -0.130. The van der Waals surface area contributed by atoms with Gasteiger partial charge < -0.3 is 20.3 Å². The number of hydrogen-bond acceptors (Lipinski definition) is 6. The minimum atomic E-state index is -0.463. The van der Waals surface area contributed by atoms with Gasteiger partial charge in [-0.25, -0.2) is 4.39 Å². The number of Topliss-reactive ketones (excluding diaryl/α,β-unsaturated/α-hetero) is 1. The molecular formula is C31H30ClFN4O3. The molecule has 2 N–H and O–H groups in total. The highest BCUT2D eigenvalue weighted by Crippen LogP contribution is 2.31. The predicted octanol–water partition coefficient (Wildman–Crippen LogP) is 5.66. The molecule has 206 valence electrons. The summed E-state index contributed by atoms with van der Waals surface area (Å²) >= 11 is 6.07. The van der Waals surface area contributed by atoms with E-state index in [4.69, 9.17) is 27.1 Å². The van der Waals surface area contributed by atoms with Gasteiger partial charge in [0.15, 0.2) is 11.5 Å². The third-order valence-electron chi connectivity index (χ3n) is 7.23. The average molecular weight is 561 g/mol. The van der Waals surface area contributed by atoms with E-state index in [1.165, 1.54) is 6.07 Å². The van der Waals surface area contributed by atoms with E-state index in [0.717, 1.165) is 16.7 Å². The fourth-order valence-corrected chi connectivity index (χ4v) is 5.03. The number of anilines is 1. The van der Waals surface area contributed by atoms with Crippen LogP contribution in [0.15, 0.2) is 83.2 Å². The molecule has 5 rings (SSSR count). The third kappa shape index (κ3) is 6.18. The van der Waals surface area contributed by atoms with E-state index < -0.39 is 5.82 Å². The summed E-state index contributed by atoms with van der Waals surface area (Å²) in [7, 11) is 0. The van der Waals surface area contributed by atoms with Crippen LogP contribution < -0.4 is 10.5 Å². The predicted molar refractivity (Wildman–Crippen MR) is 155 cm³/mol. The number of hydrogen-bond donors (Lipinski definition) is 1. The van der Waals surface area contributed by atoms with Crippen molar-refractivity contribution in [2.45, 2.75) is 25.8 Å². The molecule has 7 nitrogen and oxygen atoms in total. The van der Waals surface area contributed by atoms with E-state index in [1.54, 1.807) is 42.3 Å². The Balaban J connectivity index is 1.46. The standard InChI is InChI=1S/C31H30ClFN4O3/c1-20(38)36-14-16-37(17-15-36)29-19-35-28(22-2-7-24(32)8-3-22)12-13-30(39)31(29)40-25-9-4-21(5-10-25)23-6-11-26(33)27(34)18-23/h2-11,18-19,28H,12-17,34H2,1H3/b31-29-,35-19?. The maximum atomic E-state index is 13.6. The molecule has 0 aliphatic carbocycles. The van der Waals surface area contributed by atoms with Gasteiger partial charge in [-0.15, -0.1) is 0 Å². The number of carbonyl (C=O) groups excluding carboxylic acids is 2. The molecule has 0 radical (unpaired) electrons. The Morgan fingerprint density at radius 1 is 1.00 bits per heavy atom. The van der Waals surface area contributed by atoms with Gasteiger partial charge >= 0.3 is 0 Å². The Labute approximate surface area is 237 Å². The number of amides is 1. The Kier molecular flexibility index (Phi) is 8.16. The Morgan fingerprint density at radius 3 is 2.33 bits per heavy atom. The van der Waals surface area contributed by atoms with E-state index in [2.05, 4.69) is 4.90 Å². The number of rotatable bonds is 5. The number of carbonyl (C=O) groups is 2. The molecule has 1 fully saturated rings. The number of ether oxygens (including phenoxy) is 1. The molecule has 2 aliphatic rings. The number of nitrogens with zero attached hydrogens (tertiary/aromatic N) is 3. The molecule has 2 aliphatic heterocycles. The molecule has 1 atom stereocenters. The lowest BCUT2D eigenvalue weighted by Crippen LogP contribution is -2.48. The number of allylic oxidation sites excluding steroid dienone is 2. The number of aliphatic imine (C=N–C) groups is 1. The van der Waals surface area contributed by atoms with Crippen molar-refractivity contribution in [1.82, 2.24) is 9.80 Å². The summed E-state index contributed by atoms with van der Waals surface area (Å²) in [5.41, 5.74) is 9.00. The maximum Gasteiger partial charge on any atom is 0.219 e. The summed E-state index contributed by atoms with van der Waals surface area (Å²) in [6, 6.07) is 19.1. The van der Waals surface area contributed by atoms with Gasteiger partial charge in [0, 0.05) is 50.8 Å². The minimum absolute atomic E-state index is 0.0262. The molecule has 1 amide bonds. The lowest BCUT2D eigenvalue weighted by Gasteiger charge is -2.36. The van der Waals surface area contributed by atoms with Crippen molar-refractivity contribution in [1.29, 1.82) is 0 Å². The summed E-state index contributed by atoms with van der Waals surface area (Å²) in [6.07, 6.45) is 2.51. The summed E-state index contributed by atoms with van der Waals surface area (Å²) in [5.74, 6) is 0.163. The first-order chi connectivity index (χ1) is 19.3. The molecular weight excluding hydrogens is 531 g/mol. The first-order valence-electron chi connectivity index (χ1n) is 13.2. The van der Waals surface area contributed by atoms with Gasteiger partial charge in [0.1, 0.15) is 17.3 Å². The number of benzene rings is 3. The average Bonchev–Trinajstić information content (AvgIpc) is 2.95. The summed E-state index contributed by atoms with van der Waals surface area (Å²) in [4.78, 5) is 34.2. The molecule has 3 aromatic rings. The Hall–Kier alpha value is -4.17. The third-order valence-corrected chi connectivity index (χ3v) is 7.48. The smallest absolute Gasteiger partial charge is 0.219 e. The van der Waals surface area contributed by atoms with Crippen LogP contribution in [-0.4, -0.2) is 53.9 Å². The number of nitrogen functional groups attached to an aromatic ring is 1. The van der Waals surface area contributed by atoms with Gasteiger partial charge in [0.05, 0.1) is 11.7 Å². The van der Waals surface area contributed by atoms with Crippen molar-refractivity contribution >= 4 is 35.2 Å². The maximum absolute atomic E-state index is 13.6. The molecule has 0 saturated carbocycles. The van der Waals surface area contributed by atoms with Crippen LogP contribution in [-0.2, 0) is 9.59 Å². The molecule has 3 aromatic carbocycles. The van der Waals surface area contributed by atoms with Crippen LogP contribution in [0.3, 0.4) is 0 Å². The zero-order chi connectivity index (χ0) is 28.2. The van der Waals surface area contributed by atoms with Crippen LogP contribution in [0.5, 0.6) is 5.75 Å². The number of piperazine rings is 1. The first kappa shape index (κ1) is 27.4. The number of nitrogens with two attached hydrogens (primary N) is 1. The monoisotopic (exact) mass is 560 g/mol. The largest absolute Gasteiger partial charge is 0.451 e. The van der Waals surface area contributed by atoms with E-state index in [-0.39, 0.29) is 35.6 Å². The van der Waals surface area contributed by atoms with Crippen molar-refractivity contribution in [3.63, 3.8) is 0 Å². The highest BCUT2D eigenvalue weighted by molar-refractivity contribution is 6.30. The number of ketones is 1. The highest BCUT2D eigenvalue weighted by Gasteiger charge is 2.28. The second-order valence-corrected chi connectivity index (χ2v) is 10.3. The second-order valence-electron chi connectivity index (χ2n) is 9.88. The van der Waals surface area contributed by atoms with Crippen LogP contribution in [0.4, 0.5) is 10.1 Å². The van der Waals surface area contributed by atoms with Crippen molar-refractivity contribution in [3.8, 4) is 16.9 Å². The topological polar surface area (TPSA) is 88.2 Å². The van der Waals surface area contributed by atoms with Crippen molar-refractivity contribution < 1.29 is 18.7 Å². The quantitative estimate of drug-likeness (QED) is 0.407. The fraction of sp³-hybridized carbons (Fsp3) is 0.258. The normalized spacial score (nSPS) is 19.8. The van der Waals surface area contributed by atoms with E-state index in [9.17, 15) is 14.0 Å². The van der Waals surface area contributed by atoms with E-state index >= 15 is 0 Å². The van der Waals surface area contributed by atoms with Crippen LogP contribution in [0.25, 0.3) is 11.1 Å². The summed E-state index contributed by atoms with van der Waals surface area (Å²) in [5, 5.41) is 0.642. The molecule has 40 heavy (non-hydrogen) atoms. The Bertz CT molecular complexity index is 1460. The van der Waals surface area contributed by atoms with Gasteiger partial charge in [-0.2, -0.15) is 0 Å². The number of halogens is 2. The minimum Gasteiger partial charge on any atom is -0.451 e. The van der Waals surface area contributed by atoms with Gasteiger partial charge in [-0.1, -0.05) is 41.9 Å². The molecule has 0 aromatic heterocycles. The summed E-state index contributed by atoms with van der Waals surface area (Å²) in [6.45, 7) is 3.76. The van der Waals surface area contributed by atoms with Crippen LogP contribution in [0.1, 0.15) is 31.4 Å². The van der Waals surface area contributed by atoms with Crippen LogP contribution in [0, 0.1) is 5.82 Å².